The number of phosphoric acid groups is 2. The molecule has 0 aliphatic heterocycles. The number of hydrogen-bond donors (Lipinski definition) is 4. The van der Waals surface area contributed by atoms with Crippen LogP contribution >= 0.6 is 23.2 Å². The molecule has 0 aromatic carbocycles. The number of fused-ring (bicyclic) bond motifs is 1. The number of nitrogens with zero attached hydrogens (tertiary/aromatic N) is 3. The van der Waals surface area contributed by atoms with Crippen LogP contribution in [0.4, 0.5) is 5.95 Å². The van der Waals surface area contributed by atoms with E-state index >= 15 is 0 Å². The second-order valence-electron chi connectivity index (χ2n) is 4.82. The molecule has 2 unspecified atom stereocenters. The molecule has 2 heterocycles. The molecule has 5 N–H and O–H groups in total. The Morgan fingerprint density at radius 1 is 1.21 bits per heavy atom. The molecule has 29 heavy (non-hydrogen) atoms. The van der Waals surface area contributed by atoms with Gasteiger partial charge in [-0.05, 0) is 0 Å². The Labute approximate surface area is 206 Å². The van der Waals surface area contributed by atoms with E-state index in [1.807, 2.05) is 0 Å². The summed E-state index contributed by atoms with van der Waals surface area (Å²) in [5.74, 6) is -0.156. The molecule has 152 valence electrons. The number of nitrogen functional groups attached to an aromatic ring is 1. The molecular formula is C8H12N5Na2O11P3. The van der Waals surface area contributed by atoms with Gasteiger partial charge in [0.1, 0.15) is 6.35 Å². The minimum Gasteiger partial charge on any atom is -0.789 e. The number of hydrogen-bond acceptors (Lipinski definition) is 12. The Morgan fingerprint density at radius 3 is 2.41 bits per heavy atom. The van der Waals surface area contributed by atoms with E-state index in [0.29, 0.717) is 0 Å². The third-order valence-electron chi connectivity index (χ3n) is 2.66. The van der Waals surface area contributed by atoms with Gasteiger partial charge in [-0.3, -0.25) is 18.7 Å². The predicted molar refractivity (Wildman–Crippen MR) is 82.8 cm³/mol. The number of H-pyrrole nitrogens is 1. The van der Waals surface area contributed by atoms with Gasteiger partial charge in [0.25, 0.3) is 5.56 Å². The first-order valence-electron chi connectivity index (χ1n) is 6.66. The Morgan fingerprint density at radius 2 is 1.83 bits per heavy atom. The Kier molecular flexibility index (Phi) is 11.7. The van der Waals surface area contributed by atoms with Crippen molar-refractivity contribution in [2.24, 2.45) is 0 Å². The van der Waals surface area contributed by atoms with E-state index in [1.54, 1.807) is 0 Å². The minimum atomic E-state index is -5.94. The molecule has 0 radical (unpaired) electrons. The summed E-state index contributed by atoms with van der Waals surface area (Å²) in [6.07, 6.45) is 0.103. The molecule has 0 aliphatic carbocycles. The van der Waals surface area contributed by atoms with Crippen molar-refractivity contribution in [1.82, 2.24) is 19.5 Å². The van der Waals surface area contributed by atoms with Crippen LogP contribution in [0, 0.1) is 0 Å². The quantitative estimate of drug-likeness (QED) is 0.144. The summed E-state index contributed by atoms with van der Waals surface area (Å²) in [6, 6.07) is 0. The van der Waals surface area contributed by atoms with Crippen LogP contribution in [0.15, 0.2) is 11.1 Å². The molecule has 0 saturated heterocycles. The van der Waals surface area contributed by atoms with Gasteiger partial charge in [-0.25, -0.2) is 13.9 Å². The molecule has 21 heteroatoms. The maximum atomic E-state index is 11.6. The summed E-state index contributed by atoms with van der Waals surface area (Å²) in [6.45, 7) is -0.290. The van der Waals surface area contributed by atoms with Crippen molar-refractivity contribution in [2.75, 3.05) is 18.7 Å². The molecule has 2 aromatic rings. The maximum absolute atomic E-state index is 11.6. The molecule has 0 aliphatic rings. The first-order chi connectivity index (χ1) is 12.3. The number of aromatic nitrogens is 4. The fourth-order valence-electron chi connectivity index (χ4n) is 1.80. The van der Waals surface area contributed by atoms with Gasteiger partial charge >= 0.3 is 74.5 Å². The van der Waals surface area contributed by atoms with Crippen molar-refractivity contribution in [3.63, 3.8) is 0 Å². The Hall–Kier alpha value is 0.560. The van der Waals surface area contributed by atoms with Crippen LogP contribution < -0.4 is 80.2 Å². The number of anilines is 1. The second-order valence-corrected chi connectivity index (χ2v) is 9.49. The molecule has 0 bridgehead atoms. The standard InChI is InChI=1S/C8H14N5O11P3.2Na/c9-8-11-6-5(7(14)12-8)10-3-13(6)1-2-22-4-25(15,16)23-27(20,21)24-26(17,18)19;;/h3H,1-2,4H2,(H,15,16)(H,20,21)(H2,17,18,19)(H3,9,11,12,14);;/q;2*+1/p-2. The summed E-state index contributed by atoms with van der Waals surface area (Å²) in [4.78, 5) is 60.4. The average molecular weight is 493 g/mol. The topological polar surface area (TPSA) is 255 Å². The summed E-state index contributed by atoms with van der Waals surface area (Å²) >= 11 is 0. The van der Waals surface area contributed by atoms with Crippen molar-refractivity contribution in [2.45, 2.75) is 6.54 Å². The van der Waals surface area contributed by atoms with Crippen LogP contribution in [0.2, 0.25) is 0 Å². The summed E-state index contributed by atoms with van der Waals surface area (Å²) in [7, 11) is -16.5. The average Bonchev–Trinajstić information content (AvgIpc) is 2.82. The number of nitrogens with one attached hydrogen (secondary N) is 1. The van der Waals surface area contributed by atoms with Crippen LogP contribution in [-0.4, -0.2) is 42.3 Å². The SMILES string of the molecule is Nc1nc2c(ncn2CCOCP(=O)(O)OP(=O)(O)OP(=O)([O-])[O-])c(=O)[nH]1.[Na+].[Na+]. The van der Waals surface area contributed by atoms with E-state index in [-0.39, 0.29) is 89.4 Å². The molecule has 0 spiro atoms. The normalized spacial score (nSPS) is 15.7. The summed E-state index contributed by atoms with van der Waals surface area (Å²) in [5, 5.41) is 0. The molecule has 0 saturated carbocycles. The van der Waals surface area contributed by atoms with Crippen LogP contribution in [0.1, 0.15) is 0 Å². The second kappa shape index (κ2) is 11.4. The molecule has 2 rings (SSSR count). The van der Waals surface area contributed by atoms with Crippen molar-refractivity contribution in [1.29, 1.82) is 0 Å². The van der Waals surface area contributed by atoms with Gasteiger partial charge in [0, 0.05) is 6.54 Å². The molecule has 0 fully saturated rings. The number of rotatable bonds is 9. The van der Waals surface area contributed by atoms with E-state index < -0.39 is 35.1 Å². The fraction of sp³-hybridized carbons (Fsp3) is 0.375. The monoisotopic (exact) mass is 493 g/mol. The fourth-order valence-corrected chi connectivity index (χ4v) is 5.04. The van der Waals surface area contributed by atoms with E-state index in [4.69, 9.17) is 15.4 Å². The third kappa shape index (κ3) is 9.71. The van der Waals surface area contributed by atoms with Crippen molar-refractivity contribution in [3.8, 4) is 0 Å². The van der Waals surface area contributed by atoms with Crippen molar-refractivity contribution in [3.05, 3.63) is 16.7 Å². The van der Waals surface area contributed by atoms with Crippen LogP contribution in [0.3, 0.4) is 0 Å². The van der Waals surface area contributed by atoms with Crippen LogP contribution in [0.5, 0.6) is 0 Å². The number of ether oxygens (including phenoxy) is 1. The molecule has 0 amide bonds. The van der Waals surface area contributed by atoms with Gasteiger partial charge < -0.3 is 39.2 Å². The maximum Gasteiger partial charge on any atom is 1.00 e. The first-order valence-corrected chi connectivity index (χ1v) is 11.4. The van der Waals surface area contributed by atoms with Gasteiger partial charge in [-0.15, -0.1) is 0 Å². The zero-order valence-corrected chi connectivity index (χ0v) is 21.7. The van der Waals surface area contributed by atoms with Gasteiger partial charge in [-0.1, -0.05) is 0 Å². The van der Waals surface area contributed by atoms with Crippen LogP contribution in [0.25, 0.3) is 11.2 Å². The largest absolute Gasteiger partial charge is 1.00 e. The molecule has 2 atom stereocenters. The van der Waals surface area contributed by atoms with Gasteiger partial charge in [-0.2, -0.15) is 4.98 Å². The minimum absolute atomic E-state index is 0. The smallest absolute Gasteiger partial charge is 0.789 e. The van der Waals surface area contributed by atoms with Crippen molar-refractivity contribution >= 4 is 40.4 Å². The number of aromatic amines is 1. The van der Waals surface area contributed by atoms with E-state index in [9.17, 15) is 33.2 Å². The van der Waals surface area contributed by atoms with Gasteiger partial charge in [0.15, 0.2) is 11.2 Å². The zero-order valence-electron chi connectivity index (χ0n) is 15.0. The van der Waals surface area contributed by atoms with Crippen molar-refractivity contribution < 1.29 is 106 Å². The van der Waals surface area contributed by atoms with Gasteiger partial charge in [0.2, 0.25) is 5.95 Å². The Balaban J connectivity index is 0.00000392. The van der Waals surface area contributed by atoms with Crippen LogP contribution in [-0.2, 0) is 33.6 Å². The molecule has 2 aromatic heterocycles. The zero-order chi connectivity index (χ0) is 20.5. The summed E-state index contributed by atoms with van der Waals surface area (Å²) in [5.41, 5.74) is 4.97. The van der Waals surface area contributed by atoms with E-state index in [1.165, 1.54) is 10.9 Å². The third-order valence-corrected chi connectivity index (χ3v) is 6.64. The Bertz CT molecular complexity index is 1040. The number of imidazole rings is 1. The van der Waals surface area contributed by atoms with E-state index in [0.717, 1.165) is 0 Å². The number of nitrogens with two attached hydrogens (primary N) is 1. The molecule has 16 nitrogen and oxygen atoms in total. The predicted octanol–water partition coefficient (Wildman–Crippen LogP) is -8.17. The first kappa shape index (κ1) is 29.6. The van der Waals surface area contributed by atoms with Gasteiger partial charge in [0.05, 0.1) is 20.8 Å². The van der Waals surface area contributed by atoms with E-state index in [2.05, 4.69) is 23.6 Å². The summed E-state index contributed by atoms with van der Waals surface area (Å²) < 4.78 is 46.1. The molecular weight excluding hydrogens is 481 g/mol.